The summed E-state index contributed by atoms with van der Waals surface area (Å²) in [5.74, 6) is 0.138. The fourth-order valence-corrected chi connectivity index (χ4v) is 1.80. The quantitative estimate of drug-likeness (QED) is 0.663. The number of hydrogen-bond donors (Lipinski definition) is 3. The molecule has 5 heteroatoms. The van der Waals surface area contributed by atoms with Gasteiger partial charge in [0.05, 0.1) is 6.04 Å². The lowest BCUT2D eigenvalue weighted by Crippen LogP contribution is -2.43. The summed E-state index contributed by atoms with van der Waals surface area (Å²) in [6, 6.07) is 9.04. The molecule has 0 aliphatic carbocycles. The topological polar surface area (TPSA) is 84.2 Å². The molecule has 0 unspecified atom stereocenters. The van der Waals surface area contributed by atoms with Crippen molar-refractivity contribution in [3.8, 4) is 0 Å². The highest BCUT2D eigenvalue weighted by Gasteiger charge is 2.13. The summed E-state index contributed by atoms with van der Waals surface area (Å²) >= 11 is 0. The van der Waals surface area contributed by atoms with Crippen LogP contribution < -0.4 is 16.4 Å². The molecular weight excluding hydrogens is 266 g/mol. The largest absolute Gasteiger partial charge is 0.356 e. The molecule has 0 spiro atoms. The zero-order chi connectivity index (χ0) is 15.7. The maximum Gasteiger partial charge on any atom is 0.237 e. The zero-order valence-corrected chi connectivity index (χ0v) is 12.8. The van der Waals surface area contributed by atoms with Gasteiger partial charge in [0.2, 0.25) is 11.8 Å². The average Bonchev–Trinajstić information content (AvgIpc) is 2.46. The first-order chi connectivity index (χ1) is 9.99. The summed E-state index contributed by atoms with van der Waals surface area (Å²) in [7, 11) is 0. The molecule has 2 amide bonds. The number of carbonyl (C=O) groups is 2. The van der Waals surface area contributed by atoms with Gasteiger partial charge in [0, 0.05) is 19.5 Å². The number of amides is 2. The van der Waals surface area contributed by atoms with Crippen LogP contribution in [0.1, 0.15) is 25.8 Å². The Balaban J connectivity index is 2.22. The lowest BCUT2D eigenvalue weighted by Gasteiger charge is -2.12. The van der Waals surface area contributed by atoms with Gasteiger partial charge in [-0.3, -0.25) is 9.59 Å². The minimum absolute atomic E-state index is 0.0550. The molecule has 0 radical (unpaired) electrons. The first-order valence-corrected chi connectivity index (χ1v) is 7.33. The monoisotopic (exact) mass is 291 g/mol. The first-order valence-electron chi connectivity index (χ1n) is 7.33. The van der Waals surface area contributed by atoms with Crippen LogP contribution in [-0.2, 0) is 16.0 Å². The molecule has 1 rings (SSSR count). The minimum Gasteiger partial charge on any atom is -0.356 e. The molecule has 0 saturated carbocycles. The summed E-state index contributed by atoms with van der Waals surface area (Å²) in [5.41, 5.74) is 6.87. The molecule has 4 N–H and O–H groups in total. The van der Waals surface area contributed by atoms with Crippen LogP contribution in [0.25, 0.3) is 0 Å². The summed E-state index contributed by atoms with van der Waals surface area (Å²) in [4.78, 5) is 23.3. The number of nitrogens with one attached hydrogen (secondary N) is 2. The van der Waals surface area contributed by atoms with E-state index in [0.29, 0.717) is 25.4 Å². The van der Waals surface area contributed by atoms with Gasteiger partial charge in [-0.25, -0.2) is 0 Å². The highest BCUT2D eigenvalue weighted by molar-refractivity contribution is 5.82. The summed E-state index contributed by atoms with van der Waals surface area (Å²) in [5, 5.41) is 5.50. The van der Waals surface area contributed by atoms with Gasteiger partial charge in [0.15, 0.2) is 0 Å². The SMILES string of the molecule is CC(C)CNC(=O)CCNC(=O)[C@@H](N)Cc1ccccc1. The third-order valence-electron chi connectivity index (χ3n) is 2.99. The molecule has 0 aliphatic heterocycles. The third kappa shape index (κ3) is 7.46. The number of benzene rings is 1. The van der Waals surface area contributed by atoms with Crippen LogP contribution in [0, 0.1) is 5.92 Å². The van der Waals surface area contributed by atoms with E-state index in [9.17, 15) is 9.59 Å². The van der Waals surface area contributed by atoms with Crippen molar-refractivity contribution in [2.24, 2.45) is 11.7 Å². The van der Waals surface area contributed by atoms with Crippen LogP contribution >= 0.6 is 0 Å². The number of carbonyl (C=O) groups excluding carboxylic acids is 2. The van der Waals surface area contributed by atoms with Gasteiger partial charge in [-0.1, -0.05) is 44.2 Å². The second kappa shape index (κ2) is 9.13. The van der Waals surface area contributed by atoms with Crippen LogP contribution in [0.4, 0.5) is 0 Å². The molecule has 0 aromatic heterocycles. The second-order valence-corrected chi connectivity index (χ2v) is 5.54. The molecule has 21 heavy (non-hydrogen) atoms. The van der Waals surface area contributed by atoms with Crippen LogP contribution in [0.3, 0.4) is 0 Å². The molecular formula is C16H25N3O2. The Morgan fingerprint density at radius 3 is 2.43 bits per heavy atom. The Hall–Kier alpha value is -1.88. The normalized spacial score (nSPS) is 12.0. The summed E-state index contributed by atoms with van der Waals surface area (Å²) < 4.78 is 0. The number of hydrogen-bond acceptors (Lipinski definition) is 3. The van der Waals surface area contributed by atoms with E-state index < -0.39 is 6.04 Å². The number of nitrogens with two attached hydrogens (primary N) is 1. The van der Waals surface area contributed by atoms with Gasteiger partial charge in [-0.05, 0) is 17.9 Å². The summed E-state index contributed by atoms with van der Waals surface area (Å²) in [6.07, 6.45) is 0.767. The molecule has 1 aromatic carbocycles. The fraction of sp³-hybridized carbons (Fsp3) is 0.500. The molecule has 5 nitrogen and oxygen atoms in total. The highest BCUT2D eigenvalue weighted by atomic mass is 16.2. The predicted molar refractivity (Wildman–Crippen MR) is 83.6 cm³/mol. The Morgan fingerprint density at radius 1 is 1.14 bits per heavy atom. The van der Waals surface area contributed by atoms with Crippen molar-refractivity contribution >= 4 is 11.8 Å². The Labute approximate surface area is 126 Å². The number of rotatable bonds is 8. The minimum atomic E-state index is -0.592. The maximum atomic E-state index is 11.8. The Morgan fingerprint density at radius 2 is 1.81 bits per heavy atom. The van der Waals surface area contributed by atoms with Gasteiger partial charge >= 0.3 is 0 Å². The van der Waals surface area contributed by atoms with Crippen molar-refractivity contribution in [3.05, 3.63) is 35.9 Å². The van der Waals surface area contributed by atoms with Gasteiger partial charge in [-0.2, -0.15) is 0 Å². The van der Waals surface area contributed by atoms with Crippen LogP contribution in [0.15, 0.2) is 30.3 Å². The Kier molecular flexibility index (Phi) is 7.46. The molecule has 1 aromatic rings. The van der Waals surface area contributed by atoms with Gasteiger partial charge < -0.3 is 16.4 Å². The zero-order valence-electron chi connectivity index (χ0n) is 12.8. The lowest BCUT2D eigenvalue weighted by molar-refractivity contribution is -0.123. The molecule has 0 aliphatic rings. The van der Waals surface area contributed by atoms with Gasteiger partial charge in [0.1, 0.15) is 0 Å². The second-order valence-electron chi connectivity index (χ2n) is 5.54. The van der Waals surface area contributed by atoms with Crippen molar-refractivity contribution in [3.63, 3.8) is 0 Å². The van der Waals surface area contributed by atoms with E-state index in [-0.39, 0.29) is 18.2 Å². The molecule has 1 atom stereocenters. The van der Waals surface area contributed by atoms with E-state index in [4.69, 9.17) is 5.73 Å². The van der Waals surface area contributed by atoms with Crippen molar-refractivity contribution in [2.45, 2.75) is 32.7 Å². The van der Waals surface area contributed by atoms with Crippen molar-refractivity contribution in [1.29, 1.82) is 0 Å². The van der Waals surface area contributed by atoms with Crippen molar-refractivity contribution in [1.82, 2.24) is 10.6 Å². The Bertz CT molecular complexity index is 446. The lowest BCUT2D eigenvalue weighted by atomic mass is 10.1. The third-order valence-corrected chi connectivity index (χ3v) is 2.99. The van der Waals surface area contributed by atoms with Gasteiger partial charge in [0.25, 0.3) is 0 Å². The van der Waals surface area contributed by atoms with E-state index in [0.717, 1.165) is 5.56 Å². The van der Waals surface area contributed by atoms with Crippen LogP contribution in [-0.4, -0.2) is 30.9 Å². The van der Waals surface area contributed by atoms with E-state index >= 15 is 0 Å². The van der Waals surface area contributed by atoms with Crippen LogP contribution in [0.5, 0.6) is 0 Å². The predicted octanol–water partition coefficient (Wildman–Crippen LogP) is 0.835. The first kappa shape index (κ1) is 17.2. The van der Waals surface area contributed by atoms with Crippen molar-refractivity contribution < 1.29 is 9.59 Å². The smallest absolute Gasteiger partial charge is 0.237 e. The molecule has 0 heterocycles. The fourth-order valence-electron chi connectivity index (χ4n) is 1.80. The van der Waals surface area contributed by atoms with E-state index in [1.807, 2.05) is 44.2 Å². The summed E-state index contributed by atoms with van der Waals surface area (Å²) in [6.45, 7) is 5.03. The van der Waals surface area contributed by atoms with Gasteiger partial charge in [-0.15, -0.1) is 0 Å². The van der Waals surface area contributed by atoms with E-state index in [1.54, 1.807) is 0 Å². The van der Waals surface area contributed by atoms with Crippen molar-refractivity contribution in [2.75, 3.05) is 13.1 Å². The van der Waals surface area contributed by atoms with Crippen LogP contribution in [0.2, 0.25) is 0 Å². The molecule has 0 fully saturated rings. The average molecular weight is 291 g/mol. The molecule has 0 saturated heterocycles. The van der Waals surface area contributed by atoms with E-state index in [2.05, 4.69) is 10.6 Å². The van der Waals surface area contributed by atoms with E-state index in [1.165, 1.54) is 0 Å². The molecule has 0 bridgehead atoms. The maximum absolute atomic E-state index is 11.8. The highest BCUT2D eigenvalue weighted by Crippen LogP contribution is 2.01. The molecule has 116 valence electrons. The standard InChI is InChI=1S/C16H25N3O2/c1-12(2)11-19-15(20)8-9-18-16(21)14(17)10-13-6-4-3-5-7-13/h3-7,12,14H,8-11,17H2,1-2H3,(H,18,21)(H,19,20)/t14-/m0/s1.